The third-order valence-electron chi connectivity index (χ3n) is 8.27. The minimum Gasteiger partial charge on any atom is -0.299 e. The summed E-state index contributed by atoms with van der Waals surface area (Å²) in [6, 6.07) is 50.0. The molecule has 0 spiro atoms. The van der Waals surface area contributed by atoms with Crippen molar-refractivity contribution < 1.29 is 0 Å². The van der Waals surface area contributed by atoms with Crippen LogP contribution in [0.25, 0.3) is 82.5 Å². The second-order valence-corrected chi connectivity index (χ2v) is 12.2. The van der Waals surface area contributed by atoms with Crippen molar-refractivity contribution in [2.24, 2.45) is 0 Å². The molecule has 0 bridgehead atoms. The van der Waals surface area contributed by atoms with Gasteiger partial charge in [0.1, 0.15) is 5.65 Å². The maximum Gasteiger partial charge on any atom is 0.164 e. The summed E-state index contributed by atoms with van der Waals surface area (Å²) in [5.74, 6) is 1.89. The highest BCUT2D eigenvalue weighted by atomic mass is 32.1. The SMILES string of the molecule is c1ccc(-c2nc(-c3ccccc3)nc(-c3cccc(-c4nc5ccccn5c4-c4ccc5sc6ccccc6c5c4)c3)n2)cc1. The van der Waals surface area contributed by atoms with Gasteiger partial charge in [0.05, 0.1) is 11.4 Å². The topological polar surface area (TPSA) is 56.0 Å². The van der Waals surface area contributed by atoms with Gasteiger partial charge in [-0.25, -0.2) is 19.9 Å². The van der Waals surface area contributed by atoms with Crippen molar-refractivity contribution in [1.82, 2.24) is 24.3 Å². The van der Waals surface area contributed by atoms with Gasteiger partial charge < -0.3 is 0 Å². The number of rotatable bonds is 5. The fourth-order valence-electron chi connectivity index (χ4n) is 6.09. The highest BCUT2D eigenvalue weighted by molar-refractivity contribution is 7.25. The summed E-state index contributed by atoms with van der Waals surface area (Å²) in [7, 11) is 0. The first kappa shape index (κ1) is 26.4. The number of imidazole rings is 1. The molecule has 0 aliphatic rings. The average molecular weight is 608 g/mol. The molecule has 0 N–H and O–H groups in total. The molecule has 216 valence electrons. The summed E-state index contributed by atoms with van der Waals surface area (Å²) in [5, 5.41) is 2.54. The number of hydrogen-bond acceptors (Lipinski definition) is 5. The second-order valence-electron chi connectivity index (χ2n) is 11.2. The Morgan fingerprint density at radius 3 is 1.78 bits per heavy atom. The van der Waals surface area contributed by atoms with Crippen molar-refractivity contribution in [2.75, 3.05) is 0 Å². The molecule has 0 unspecified atom stereocenters. The molecular formula is C40H25N5S. The number of pyridine rings is 1. The molecule has 5 aromatic carbocycles. The molecular weight excluding hydrogens is 583 g/mol. The van der Waals surface area contributed by atoms with Crippen LogP contribution in [0.5, 0.6) is 0 Å². The van der Waals surface area contributed by atoms with E-state index < -0.39 is 0 Å². The Balaban J connectivity index is 1.22. The summed E-state index contributed by atoms with van der Waals surface area (Å²) >= 11 is 1.83. The number of thiophene rings is 1. The molecule has 0 saturated heterocycles. The fourth-order valence-corrected chi connectivity index (χ4v) is 7.18. The maximum atomic E-state index is 5.17. The highest BCUT2D eigenvalue weighted by Gasteiger charge is 2.19. The molecule has 0 fully saturated rings. The Morgan fingerprint density at radius 2 is 1.02 bits per heavy atom. The molecule has 6 heteroatoms. The number of nitrogens with zero attached hydrogens (tertiary/aromatic N) is 5. The molecule has 0 aliphatic carbocycles. The van der Waals surface area contributed by atoms with Crippen LogP contribution in [-0.4, -0.2) is 24.3 Å². The Kier molecular flexibility index (Phi) is 6.25. The lowest BCUT2D eigenvalue weighted by atomic mass is 10.0. The first-order valence-electron chi connectivity index (χ1n) is 15.1. The van der Waals surface area contributed by atoms with E-state index in [4.69, 9.17) is 19.9 Å². The van der Waals surface area contributed by atoms with E-state index in [1.165, 1.54) is 20.2 Å². The quantitative estimate of drug-likeness (QED) is 0.195. The second kappa shape index (κ2) is 10.9. The van der Waals surface area contributed by atoms with Gasteiger partial charge in [0.25, 0.3) is 0 Å². The Hall–Kier alpha value is -5.98. The van der Waals surface area contributed by atoms with E-state index in [0.717, 1.165) is 44.9 Å². The molecule has 0 atom stereocenters. The van der Waals surface area contributed by atoms with Gasteiger partial charge in [0.15, 0.2) is 17.5 Å². The van der Waals surface area contributed by atoms with Crippen molar-refractivity contribution >= 4 is 37.2 Å². The predicted molar refractivity (Wildman–Crippen MR) is 189 cm³/mol. The third-order valence-corrected chi connectivity index (χ3v) is 9.43. The minimum atomic E-state index is 0.617. The van der Waals surface area contributed by atoms with Crippen molar-refractivity contribution in [1.29, 1.82) is 0 Å². The van der Waals surface area contributed by atoms with Crippen molar-refractivity contribution in [3.8, 4) is 56.7 Å². The first-order chi connectivity index (χ1) is 22.8. The summed E-state index contributed by atoms with van der Waals surface area (Å²) < 4.78 is 4.75. The number of aromatic nitrogens is 5. The predicted octanol–water partition coefficient (Wildman–Crippen LogP) is 10.2. The smallest absolute Gasteiger partial charge is 0.164 e. The highest BCUT2D eigenvalue weighted by Crippen LogP contribution is 2.39. The van der Waals surface area contributed by atoms with Crippen LogP contribution < -0.4 is 0 Å². The lowest BCUT2D eigenvalue weighted by Gasteiger charge is -2.10. The van der Waals surface area contributed by atoms with Gasteiger partial charge >= 0.3 is 0 Å². The van der Waals surface area contributed by atoms with Gasteiger partial charge in [-0.05, 0) is 36.4 Å². The molecule has 9 aromatic rings. The van der Waals surface area contributed by atoms with E-state index >= 15 is 0 Å². The number of hydrogen-bond donors (Lipinski definition) is 0. The van der Waals surface area contributed by atoms with E-state index in [0.29, 0.717) is 17.5 Å². The van der Waals surface area contributed by atoms with Gasteiger partial charge in [-0.1, -0.05) is 109 Å². The standard InChI is InChI=1S/C40H25N5S/c1-3-12-26(13-4-1)38-42-39(27-14-5-2-6-15-27)44-40(43-38)30-17-11-16-28(24-30)36-37(45-23-10-9-20-35(45)41-36)29-21-22-34-32(25-29)31-18-7-8-19-33(31)46-34/h1-25H. The van der Waals surface area contributed by atoms with E-state index in [9.17, 15) is 0 Å². The zero-order valence-corrected chi connectivity index (χ0v) is 25.4. The molecule has 0 radical (unpaired) electrons. The monoisotopic (exact) mass is 607 g/mol. The summed E-state index contributed by atoms with van der Waals surface area (Å²) in [6.07, 6.45) is 2.09. The van der Waals surface area contributed by atoms with E-state index in [1.807, 2.05) is 78.1 Å². The van der Waals surface area contributed by atoms with Crippen molar-refractivity contribution in [3.63, 3.8) is 0 Å². The molecule has 0 aliphatic heterocycles. The Morgan fingerprint density at radius 1 is 0.413 bits per heavy atom. The van der Waals surface area contributed by atoms with Crippen molar-refractivity contribution in [2.45, 2.75) is 0 Å². The molecule has 5 nitrogen and oxygen atoms in total. The normalized spacial score (nSPS) is 11.5. The lowest BCUT2D eigenvalue weighted by molar-refractivity contribution is 1.07. The van der Waals surface area contributed by atoms with Crippen LogP contribution in [0.1, 0.15) is 0 Å². The molecule has 9 rings (SSSR count). The lowest BCUT2D eigenvalue weighted by Crippen LogP contribution is -2.00. The largest absolute Gasteiger partial charge is 0.299 e. The number of fused-ring (bicyclic) bond motifs is 4. The van der Waals surface area contributed by atoms with Crippen LogP contribution in [0.2, 0.25) is 0 Å². The van der Waals surface area contributed by atoms with E-state index in [1.54, 1.807) is 0 Å². The molecule has 0 saturated carbocycles. The van der Waals surface area contributed by atoms with Gasteiger partial charge in [-0.3, -0.25) is 4.40 Å². The van der Waals surface area contributed by atoms with Gasteiger partial charge in [0.2, 0.25) is 0 Å². The van der Waals surface area contributed by atoms with Crippen LogP contribution >= 0.6 is 11.3 Å². The van der Waals surface area contributed by atoms with Crippen LogP contribution in [0.15, 0.2) is 152 Å². The Bertz CT molecular complexity index is 2480. The van der Waals surface area contributed by atoms with Gasteiger partial charge in [-0.15, -0.1) is 11.3 Å². The molecule has 4 heterocycles. The van der Waals surface area contributed by atoms with Crippen LogP contribution in [0.4, 0.5) is 0 Å². The average Bonchev–Trinajstić information content (AvgIpc) is 3.71. The third kappa shape index (κ3) is 4.55. The zero-order chi connectivity index (χ0) is 30.5. The first-order valence-corrected chi connectivity index (χ1v) is 16.0. The van der Waals surface area contributed by atoms with Gasteiger partial charge in [-0.2, -0.15) is 0 Å². The summed E-state index contributed by atoms with van der Waals surface area (Å²) in [5.41, 5.74) is 7.75. The maximum absolute atomic E-state index is 5.17. The zero-order valence-electron chi connectivity index (χ0n) is 24.6. The Labute approximate surface area is 269 Å². The van der Waals surface area contributed by atoms with Crippen LogP contribution in [-0.2, 0) is 0 Å². The summed E-state index contributed by atoms with van der Waals surface area (Å²) in [6.45, 7) is 0. The fraction of sp³-hybridized carbons (Fsp3) is 0. The van der Waals surface area contributed by atoms with Crippen molar-refractivity contribution in [3.05, 3.63) is 152 Å². The van der Waals surface area contributed by atoms with E-state index in [-0.39, 0.29) is 0 Å². The minimum absolute atomic E-state index is 0.617. The molecule has 46 heavy (non-hydrogen) atoms. The van der Waals surface area contributed by atoms with Crippen LogP contribution in [0.3, 0.4) is 0 Å². The molecule has 0 amide bonds. The molecule has 4 aromatic heterocycles. The number of benzene rings is 5. The van der Waals surface area contributed by atoms with Gasteiger partial charge in [0, 0.05) is 54.2 Å². The van der Waals surface area contributed by atoms with E-state index in [2.05, 4.69) is 89.5 Å². The van der Waals surface area contributed by atoms with Crippen LogP contribution in [0, 0.1) is 0 Å². The summed E-state index contributed by atoms with van der Waals surface area (Å²) in [4.78, 5) is 20.0.